The molecule has 0 aliphatic heterocycles. The van der Waals surface area contributed by atoms with Gasteiger partial charge in [0.05, 0.1) is 11.3 Å². The fraction of sp³-hybridized carbons (Fsp3) is 0.520. The van der Waals surface area contributed by atoms with E-state index in [9.17, 15) is 10.1 Å². The maximum absolute atomic E-state index is 12.8. The molecular formula is C25H29N5OS3. The van der Waals surface area contributed by atoms with Crippen LogP contribution in [0.2, 0.25) is 0 Å². The molecule has 0 atom stereocenters. The van der Waals surface area contributed by atoms with E-state index in [1.807, 2.05) is 11.3 Å². The minimum atomic E-state index is -0.101. The molecular weight excluding hydrogens is 483 g/mol. The van der Waals surface area contributed by atoms with Crippen LogP contribution in [0.5, 0.6) is 0 Å². The van der Waals surface area contributed by atoms with Gasteiger partial charge in [0.25, 0.3) is 0 Å². The molecule has 0 aromatic carbocycles. The molecule has 5 rings (SSSR count). The number of amides is 1. The van der Waals surface area contributed by atoms with Crippen LogP contribution in [0, 0.1) is 11.3 Å². The number of aryl methyl sites for hydroxylation is 2. The van der Waals surface area contributed by atoms with Crippen LogP contribution in [0.4, 0.5) is 5.00 Å². The molecule has 178 valence electrons. The number of fused-ring (bicyclic) bond motifs is 2. The number of carbonyl (C=O) groups is 1. The summed E-state index contributed by atoms with van der Waals surface area (Å²) in [4.78, 5) is 15.6. The lowest BCUT2D eigenvalue weighted by molar-refractivity contribution is -0.113. The van der Waals surface area contributed by atoms with E-state index in [1.165, 1.54) is 64.7 Å². The minimum absolute atomic E-state index is 0.101. The summed E-state index contributed by atoms with van der Waals surface area (Å²) in [6, 6.07) is 2.36. The van der Waals surface area contributed by atoms with Crippen LogP contribution >= 0.6 is 34.4 Å². The lowest BCUT2D eigenvalue weighted by atomic mass is 9.96. The average Bonchev–Trinajstić information content (AvgIpc) is 3.52. The van der Waals surface area contributed by atoms with Gasteiger partial charge in [0.2, 0.25) is 5.91 Å². The molecule has 0 spiro atoms. The van der Waals surface area contributed by atoms with Crippen molar-refractivity contribution in [2.45, 2.75) is 82.8 Å². The zero-order valence-corrected chi connectivity index (χ0v) is 21.9. The molecule has 6 nitrogen and oxygen atoms in total. The molecule has 0 saturated carbocycles. The Balaban J connectivity index is 1.29. The smallest absolute Gasteiger partial charge is 0.235 e. The van der Waals surface area contributed by atoms with E-state index in [2.05, 4.69) is 38.5 Å². The molecule has 1 amide bonds. The number of anilines is 1. The Bertz CT molecular complexity index is 1230. The first-order chi connectivity index (χ1) is 16.7. The molecule has 0 saturated heterocycles. The number of hydrogen-bond acceptors (Lipinski definition) is 7. The van der Waals surface area contributed by atoms with Gasteiger partial charge in [0.1, 0.15) is 11.1 Å². The molecule has 0 radical (unpaired) electrons. The Morgan fingerprint density at radius 3 is 2.65 bits per heavy atom. The fourth-order valence-corrected chi connectivity index (χ4v) is 8.16. The van der Waals surface area contributed by atoms with Crippen LogP contribution in [-0.2, 0) is 37.0 Å². The lowest BCUT2D eigenvalue weighted by Gasteiger charge is -2.13. The highest BCUT2D eigenvalue weighted by Gasteiger charge is 2.23. The van der Waals surface area contributed by atoms with Crippen molar-refractivity contribution in [2.75, 3.05) is 11.1 Å². The van der Waals surface area contributed by atoms with E-state index >= 15 is 0 Å². The summed E-state index contributed by atoms with van der Waals surface area (Å²) in [5.41, 5.74) is 4.47. The molecule has 3 aromatic rings. The highest BCUT2D eigenvalue weighted by atomic mass is 32.2. The number of rotatable bonds is 6. The summed E-state index contributed by atoms with van der Waals surface area (Å²) in [6.45, 7) is 2.85. The van der Waals surface area contributed by atoms with Crippen LogP contribution in [-0.4, -0.2) is 26.4 Å². The summed E-state index contributed by atoms with van der Waals surface area (Å²) < 4.78 is 2.12. The topological polar surface area (TPSA) is 83.6 Å². The quantitative estimate of drug-likeness (QED) is 0.397. The van der Waals surface area contributed by atoms with Crippen LogP contribution in [0.15, 0.2) is 10.5 Å². The zero-order valence-electron chi connectivity index (χ0n) is 19.5. The molecule has 0 unspecified atom stereocenters. The van der Waals surface area contributed by atoms with E-state index in [1.54, 1.807) is 11.3 Å². The standard InChI is InChI=1S/C25H29N5OS3/c1-2-30-23(19-14-32-20-11-8-7-10-17(19)20)28-29-25(30)33-15-22(31)27-24-18(13-26)16-9-5-3-4-6-12-21(16)34-24/h14H,2-12,15H2,1H3,(H,27,31). The normalized spacial score (nSPS) is 15.6. The number of nitrogens with zero attached hydrogens (tertiary/aromatic N) is 4. The second kappa shape index (κ2) is 10.6. The number of aromatic nitrogens is 3. The second-order valence-corrected chi connectivity index (χ2v) is 11.9. The van der Waals surface area contributed by atoms with Gasteiger partial charge < -0.3 is 9.88 Å². The first-order valence-corrected chi connectivity index (χ1v) is 14.9. The van der Waals surface area contributed by atoms with Crippen molar-refractivity contribution in [3.8, 4) is 17.5 Å². The molecule has 0 bridgehead atoms. The maximum atomic E-state index is 12.8. The number of carbonyl (C=O) groups excluding carboxylic acids is 1. The van der Waals surface area contributed by atoms with Gasteiger partial charge >= 0.3 is 0 Å². The van der Waals surface area contributed by atoms with Crippen LogP contribution in [0.3, 0.4) is 0 Å². The lowest BCUT2D eigenvalue weighted by Crippen LogP contribution is -2.14. The molecule has 3 aromatic heterocycles. The number of nitriles is 1. The van der Waals surface area contributed by atoms with E-state index in [-0.39, 0.29) is 11.7 Å². The van der Waals surface area contributed by atoms with Crippen molar-refractivity contribution in [1.29, 1.82) is 5.26 Å². The average molecular weight is 512 g/mol. The minimum Gasteiger partial charge on any atom is -0.316 e. The van der Waals surface area contributed by atoms with Crippen molar-refractivity contribution >= 4 is 45.3 Å². The Morgan fingerprint density at radius 2 is 1.82 bits per heavy atom. The fourth-order valence-electron chi connectivity index (χ4n) is 4.98. The summed E-state index contributed by atoms with van der Waals surface area (Å²) >= 11 is 4.83. The first kappa shape index (κ1) is 23.6. The predicted molar refractivity (Wildman–Crippen MR) is 140 cm³/mol. The van der Waals surface area contributed by atoms with Crippen molar-refractivity contribution in [2.24, 2.45) is 0 Å². The van der Waals surface area contributed by atoms with Crippen LogP contribution in [0.1, 0.15) is 71.9 Å². The van der Waals surface area contributed by atoms with Crippen molar-refractivity contribution in [3.63, 3.8) is 0 Å². The van der Waals surface area contributed by atoms with Crippen molar-refractivity contribution in [1.82, 2.24) is 14.8 Å². The van der Waals surface area contributed by atoms with Gasteiger partial charge in [0.15, 0.2) is 11.0 Å². The Morgan fingerprint density at radius 1 is 1.09 bits per heavy atom. The zero-order chi connectivity index (χ0) is 23.5. The second-order valence-electron chi connectivity index (χ2n) is 8.88. The molecule has 2 aliphatic rings. The van der Waals surface area contributed by atoms with Gasteiger partial charge in [-0.25, -0.2) is 0 Å². The summed E-state index contributed by atoms with van der Waals surface area (Å²) in [5.74, 6) is 1.05. The SMILES string of the molecule is CCn1c(SCC(=O)Nc2sc3c(c2C#N)CCCCCC3)nnc1-c1csc2c1CCCC2. The van der Waals surface area contributed by atoms with Gasteiger partial charge in [0, 0.05) is 27.2 Å². The summed E-state index contributed by atoms with van der Waals surface area (Å²) in [7, 11) is 0. The highest BCUT2D eigenvalue weighted by Crippen LogP contribution is 2.38. The first-order valence-electron chi connectivity index (χ1n) is 12.2. The number of hydrogen-bond donors (Lipinski definition) is 1. The molecule has 2 aliphatic carbocycles. The Labute approximate surface area is 212 Å². The van der Waals surface area contributed by atoms with Crippen LogP contribution < -0.4 is 5.32 Å². The predicted octanol–water partition coefficient (Wildman–Crippen LogP) is 6.23. The third kappa shape index (κ3) is 4.68. The van der Waals surface area contributed by atoms with Crippen molar-refractivity contribution < 1.29 is 4.79 Å². The van der Waals surface area contributed by atoms with Gasteiger partial charge in [-0.2, -0.15) is 5.26 Å². The number of nitrogens with one attached hydrogen (secondary N) is 1. The van der Waals surface area contributed by atoms with Crippen molar-refractivity contribution in [3.05, 3.63) is 31.8 Å². The largest absolute Gasteiger partial charge is 0.316 e. The van der Waals surface area contributed by atoms with Gasteiger partial charge in [-0.1, -0.05) is 24.6 Å². The van der Waals surface area contributed by atoms with Gasteiger partial charge in [-0.3, -0.25) is 4.79 Å². The Hall–Kier alpha value is -2.15. The molecule has 9 heteroatoms. The van der Waals surface area contributed by atoms with Crippen LogP contribution in [0.25, 0.3) is 11.4 Å². The molecule has 3 heterocycles. The Kier molecular flexibility index (Phi) is 7.37. The monoisotopic (exact) mass is 511 g/mol. The molecule has 1 N–H and O–H groups in total. The van der Waals surface area contributed by atoms with E-state index < -0.39 is 0 Å². The molecule has 34 heavy (non-hydrogen) atoms. The number of thioether (sulfide) groups is 1. The van der Waals surface area contributed by atoms with E-state index in [4.69, 9.17) is 0 Å². The van der Waals surface area contributed by atoms with Gasteiger partial charge in [-0.05, 0) is 69.4 Å². The molecule has 0 fully saturated rings. The van der Waals surface area contributed by atoms with Gasteiger partial charge in [-0.15, -0.1) is 32.9 Å². The van der Waals surface area contributed by atoms with E-state index in [0.717, 1.165) is 55.2 Å². The third-order valence-electron chi connectivity index (χ3n) is 6.70. The number of thiophene rings is 2. The highest BCUT2D eigenvalue weighted by molar-refractivity contribution is 7.99. The summed E-state index contributed by atoms with van der Waals surface area (Å²) in [6.07, 6.45) is 11.5. The van der Waals surface area contributed by atoms with E-state index in [0.29, 0.717) is 10.6 Å². The maximum Gasteiger partial charge on any atom is 0.235 e. The summed E-state index contributed by atoms with van der Waals surface area (Å²) in [5, 5.41) is 25.4. The third-order valence-corrected chi connectivity index (χ3v) is 9.97.